The number of hydrogen-bond acceptors (Lipinski definition) is 6. The maximum Gasteiger partial charge on any atom is 0.270 e. The third-order valence-electron chi connectivity index (χ3n) is 5.41. The van der Waals surface area contributed by atoms with E-state index in [1.54, 1.807) is 12.1 Å². The first-order valence-electron chi connectivity index (χ1n) is 10.2. The molecule has 8 nitrogen and oxygen atoms in total. The molecule has 8 heteroatoms. The van der Waals surface area contributed by atoms with Gasteiger partial charge >= 0.3 is 0 Å². The Labute approximate surface area is 178 Å². The van der Waals surface area contributed by atoms with Crippen molar-refractivity contribution in [3.05, 3.63) is 74.1 Å². The second kappa shape index (κ2) is 8.41. The molecule has 0 saturated heterocycles. The van der Waals surface area contributed by atoms with Crippen LogP contribution in [0.2, 0.25) is 0 Å². The van der Waals surface area contributed by atoms with Crippen molar-refractivity contribution in [3.8, 4) is 11.3 Å². The molecule has 1 heterocycles. The Morgan fingerprint density at radius 2 is 1.68 bits per heavy atom. The van der Waals surface area contributed by atoms with Gasteiger partial charge in [-0.2, -0.15) is 0 Å². The summed E-state index contributed by atoms with van der Waals surface area (Å²) in [4.78, 5) is 37.4. The van der Waals surface area contributed by atoms with Gasteiger partial charge in [0.2, 0.25) is 0 Å². The standard InChI is InChI=1S/C23H22N2O6/c1-3-30-19(31-4-2)11-12-24-21-16-7-5-6-8-17(16)22(26)20(21)15-10-9-14(25(28)29)13-18(15)23(24)27/h5-10,13,19H,3-4,11-12H2,1-2H3. The van der Waals surface area contributed by atoms with Gasteiger partial charge in [-0.1, -0.05) is 24.3 Å². The Morgan fingerprint density at radius 3 is 2.32 bits per heavy atom. The topological polar surface area (TPSA) is 101 Å². The van der Waals surface area contributed by atoms with Gasteiger partial charge in [0, 0.05) is 54.8 Å². The minimum absolute atomic E-state index is 0.151. The summed E-state index contributed by atoms with van der Waals surface area (Å²) in [5.74, 6) is -0.190. The van der Waals surface area contributed by atoms with Crippen molar-refractivity contribution in [2.45, 2.75) is 33.1 Å². The van der Waals surface area contributed by atoms with Crippen LogP contribution in [-0.2, 0) is 16.0 Å². The zero-order chi connectivity index (χ0) is 22.1. The van der Waals surface area contributed by atoms with Crippen molar-refractivity contribution in [2.24, 2.45) is 0 Å². The second-order valence-corrected chi connectivity index (χ2v) is 7.17. The number of benzene rings is 2. The first kappa shape index (κ1) is 20.9. The number of ketones is 1. The Balaban J connectivity index is 1.94. The zero-order valence-corrected chi connectivity index (χ0v) is 17.3. The molecule has 0 amide bonds. The molecule has 31 heavy (non-hydrogen) atoms. The summed E-state index contributed by atoms with van der Waals surface area (Å²) in [6.45, 7) is 4.89. The lowest BCUT2D eigenvalue weighted by atomic mass is 10.0. The number of rotatable bonds is 8. The number of nitro benzene ring substituents is 1. The van der Waals surface area contributed by atoms with E-state index in [-0.39, 0.29) is 29.0 Å². The lowest BCUT2D eigenvalue weighted by Gasteiger charge is -2.20. The molecule has 0 bridgehead atoms. The predicted molar refractivity (Wildman–Crippen MR) is 115 cm³/mol. The van der Waals surface area contributed by atoms with Crippen molar-refractivity contribution in [1.82, 2.24) is 4.57 Å². The first-order valence-corrected chi connectivity index (χ1v) is 10.2. The predicted octanol–water partition coefficient (Wildman–Crippen LogP) is 3.91. The van der Waals surface area contributed by atoms with E-state index in [0.717, 1.165) is 0 Å². The summed E-state index contributed by atoms with van der Waals surface area (Å²) >= 11 is 0. The quantitative estimate of drug-likeness (QED) is 0.242. The van der Waals surface area contributed by atoms with Crippen LogP contribution in [0.1, 0.15) is 36.2 Å². The molecule has 1 aliphatic carbocycles. The van der Waals surface area contributed by atoms with Crippen molar-refractivity contribution in [2.75, 3.05) is 13.2 Å². The van der Waals surface area contributed by atoms with Gasteiger partial charge in [0.1, 0.15) is 0 Å². The number of hydrogen-bond donors (Lipinski definition) is 0. The van der Waals surface area contributed by atoms with Gasteiger partial charge in [-0.25, -0.2) is 0 Å². The molecule has 0 saturated carbocycles. The highest BCUT2D eigenvalue weighted by molar-refractivity contribution is 6.26. The van der Waals surface area contributed by atoms with Crippen LogP contribution >= 0.6 is 0 Å². The van der Waals surface area contributed by atoms with Crippen LogP contribution in [0.4, 0.5) is 5.69 Å². The van der Waals surface area contributed by atoms with Crippen molar-refractivity contribution >= 4 is 22.2 Å². The van der Waals surface area contributed by atoms with Gasteiger partial charge in [-0.3, -0.25) is 19.7 Å². The van der Waals surface area contributed by atoms with E-state index in [9.17, 15) is 19.7 Å². The second-order valence-electron chi connectivity index (χ2n) is 7.17. The number of nitro groups is 1. The van der Waals surface area contributed by atoms with Gasteiger partial charge in [0.05, 0.1) is 21.6 Å². The average Bonchev–Trinajstić information content (AvgIpc) is 3.06. The molecule has 2 aromatic carbocycles. The normalized spacial score (nSPS) is 12.4. The summed E-state index contributed by atoms with van der Waals surface area (Å²) in [6, 6.07) is 11.2. The van der Waals surface area contributed by atoms with E-state index in [0.29, 0.717) is 47.4 Å². The highest BCUT2D eigenvalue weighted by Gasteiger charge is 2.33. The fourth-order valence-electron chi connectivity index (χ4n) is 4.12. The Morgan fingerprint density at radius 1 is 1.00 bits per heavy atom. The molecule has 0 radical (unpaired) electrons. The average molecular weight is 422 g/mol. The molecule has 3 aromatic rings. The number of carbonyl (C=O) groups is 1. The van der Waals surface area contributed by atoms with E-state index in [2.05, 4.69) is 0 Å². The van der Waals surface area contributed by atoms with E-state index >= 15 is 0 Å². The lowest BCUT2D eigenvalue weighted by molar-refractivity contribution is -0.384. The smallest absolute Gasteiger partial charge is 0.270 e. The van der Waals surface area contributed by atoms with Crippen LogP contribution < -0.4 is 5.56 Å². The van der Waals surface area contributed by atoms with Gasteiger partial charge in [-0.05, 0) is 19.9 Å². The Kier molecular flexibility index (Phi) is 5.67. The Bertz CT molecular complexity index is 1240. The minimum Gasteiger partial charge on any atom is -0.353 e. The molecule has 0 aliphatic heterocycles. The van der Waals surface area contributed by atoms with E-state index in [1.807, 2.05) is 26.0 Å². The molecule has 4 rings (SSSR count). The summed E-state index contributed by atoms with van der Waals surface area (Å²) in [5.41, 5.74) is 1.56. The van der Waals surface area contributed by atoms with E-state index in [1.165, 1.54) is 22.8 Å². The number of carbonyl (C=O) groups excluding carboxylic acids is 1. The highest BCUT2D eigenvalue weighted by atomic mass is 16.7. The highest BCUT2D eigenvalue weighted by Crippen LogP contribution is 2.39. The fraction of sp³-hybridized carbons (Fsp3) is 0.304. The third-order valence-corrected chi connectivity index (χ3v) is 5.41. The summed E-state index contributed by atoms with van der Waals surface area (Å²) in [6.07, 6.45) is -0.101. The molecule has 0 unspecified atom stereocenters. The van der Waals surface area contributed by atoms with Crippen molar-refractivity contribution < 1.29 is 19.2 Å². The van der Waals surface area contributed by atoms with Crippen molar-refractivity contribution in [1.29, 1.82) is 0 Å². The number of aromatic nitrogens is 1. The van der Waals surface area contributed by atoms with Gasteiger partial charge < -0.3 is 14.0 Å². The van der Waals surface area contributed by atoms with Gasteiger partial charge in [0.25, 0.3) is 11.2 Å². The van der Waals surface area contributed by atoms with Crippen molar-refractivity contribution in [3.63, 3.8) is 0 Å². The Hall–Kier alpha value is -3.36. The largest absolute Gasteiger partial charge is 0.353 e. The van der Waals surface area contributed by atoms with Gasteiger partial charge in [0.15, 0.2) is 12.1 Å². The van der Waals surface area contributed by atoms with Gasteiger partial charge in [-0.15, -0.1) is 0 Å². The molecule has 160 valence electrons. The van der Waals surface area contributed by atoms with Crippen LogP contribution in [-0.4, -0.2) is 34.8 Å². The van der Waals surface area contributed by atoms with E-state index in [4.69, 9.17) is 9.47 Å². The van der Waals surface area contributed by atoms with Crippen LogP contribution in [0.25, 0.3) is 22.0 Å². The maximum absolute atomic E-state index is 13.5. The van der Waals surface area contributed by atoms with E-state index < -0.39 is 11.2 Å². The number of ether oxygens (including phenoxy) is 2. The summed E-state index contributed by atoms with van der Waals surface area (Å²) < 4.78 is 12.7. The molecule has 0 N–H and O–H groups in total. The molecule has 0 atom stereocenters. The van der Waals surface area contributed by atoms with Crippen LogP contribution in [0.5, 0.6) is 0 Å². The SMILES string of the molecule is CCOC(CCn1c2c(c3ccc([N+](=O)[O-])cc3c1=O)C(=O)c1ccccc1-2)OCC. The summed E-state index contributed by atoms with van der Waals surface area (Å²) in [5, 5.41) is 11.8. The molecular weight excluding hydrogens is 400 g/mol. The third kappa shape index (κ3) is 3.54. The zero-order valence-electron chi connectivity index (χ0n) is 17.3. The number of pyridine rings is 1. The molecule has 0 spiro atoms. The summed E-state index contributed by atoms with van der Waals surface area (Å²) in [7, 11) is 0. The first-order chi connectivity index (χ1) is 15.0. The molecule has 1 aromatic heterocycles. The maximum atomic E-state index is 13.5. The number of non-ortho nitro benzene ring substituents is 1. The fourth-order valence-corrected chi connectivity index (χ4v) is 4.12. The molecule has 1 aliphatic rings. The number of fused-ring (bicyclic) bond motifs is 5. The number of nitrogens with zero attached hydrogens (tertiary/aromatic N) is 2. The minimum atomic E-state index is -0.548. The monoisotopic (exact) mass is 422 g/mol. The molecule has 0 fully saturated rings. The lowest BCUT2D eigenvalue weighted by Crippen LogP contribution is -2.27. The van der Waals surface area contributed by atoms with Crippen LogP contribution in [0.3, 0.4) is 0 Å². The van der Waals surface area contributed by atoms with Crippen LogP contribution in [0.15, 0.2) is 47.3 Å². The molecular formula is C23H22N2O6. The van der Waals surface area contributed by atoms with Crippen LogP contribution in [0, 0.1) is 10.1 Å².